The number of pyridine rings is 1. The van der Waals surface area contributed by atoms with Crippen molar-refractivity contribution in [3.8, 4) is 0 Å². The number of hydrogen-bond acceptors (Lipinski definition) is 6. The predicted octanol–water partition coefficient (Wildman–Crippen LogP) is 1.41. The molecule has 8 heteroatoms. The Labute approximate surface area is 127 Å². The number of aliphatic carboxylic acids is 1. The largest absolute Gasteiger partial charge is 0.481 e. The molecule has 0 spiro atoms. The molecule has 0 aliphatic heterocycles. The number of anilines is 1. The van der Waals surface area contributed by atoms with E-state index in [9.17, 15) is 4.79 Å². The van der Waals surface area contributed by atoms with Crippen molar-refractivity contribution in [2.75, 3.05) is 17.2 Å². The lowest BCUT2D eigenvalue weighted by atomic mass is 10.2. The summed E-state index contributed by atoms with van der Waals surface area (Å²) >= 11 is 1.16. The van der Waals surface area contributed by atoms with Crippen LogP contribution in [0.3, 0.4) is 0 Å². The van der Waals surface area contributed by atoms with E-state index in [1.165, 1.54) is 0 Å². The summed E-state index contributed by atoms with van der Waals surface area (Å²) in [7, 11) is 1.84. The van der Waals surface area contributed by atoms with Crippen LogP contribution < -0.4 is 4.90 Å². The molecular weight excluding hydrogens is 290 g/mol. The highest BCUT2D eigenvalue weighted by Gasteiger charge is 2.16. The maximum Gasteiger partial charge on any atom is 0.313 e. The summed E-state index contributed by atoms with van der Waals surface area (Å²) in [4.78, 5) is 16.7. The van der Waals surface area contributed by atoms with Gasteiger partial charge in [-0.2, -0.15) is 0 Å². The lowest BCUT2D eigenvalue weighted by molar-refractivity contribution is -0.133. The number of hydrogen-bond donors (Lipinski definition) is 1. The zero-order valence-corrected chi connectivity index (χ0v) is 12.7. The number of aromatic nitrogens is 4. The Hall–Kier alpha value is -2.09. The van der Waals surface area contributed by atoms with E-state index < -0.39 is 5.97 Å². The van der Waals surface area contributed by atoms with Gasteiger partial charge in [0.15, 0.2) is 5.16 Å². The minimum absolute atomic E-state index is 0.0253. The average Bonchev–Trinajstić information content (AvgIpc) is 2.85. The van der Waals surface area contributed by atoms with E-state index in [-0.39, 0.29) is 5.75 Å². The Morgan fingerprint density at radius 1 is 1.38 bits per heavy atom. The summed E-state index contributed by atoms with van der Waals surface area (Å²) in [5, 5.41) is 17.6. The summed E-state index contributed by atoms with van der Waals surface area (Å²) in [5.41, 5.74) is 1.13. The minimum Gasteiger partial charge on any atom is -0.481 e. The normalized spacial score (nSPS) is 10.6. The molecular formula is C13H17N5O2S. The number of carboxylic acid groups (broad SMARTS) is 1. The van der Waals surface area contributed by atoms with Crippen LogP contribution in [0.2, 0.25) is 0 Å². The number of nitrogens with zero attached hydrogens (tertiary/aromatic N) is 5. The van der Waals surface area contributed by atoms with Crippen LogP contribution in [-0.2, 0) is 18.4 Å². The van der Waals surface area contributed by atoms with E-state index in [1.54, 1.807) is 12.4 Å². The van der Waals surface area contributed by atoms with E-state index in [4.69, 9.17) is 5.11 Å². The lowest BCUT2D eigenvalue weighted by Crippen LogP contribution is -2.25. The Morgan fingerprint density at radius 3 is 2.71 bits per heavy atom. The third kappa shape index (κ3) is 3.94. The fourth-order valence-electron chi connectivity index (χ4n) is 1.87. The van der Waals surface area contributed by atoms with Gasteiger partial charge < -0.3 is 10.0 Å². The summed E-state index contributed by atoms with van der Waals surface area (Å²) in [6.45, 7) is 3.52. The van der Waals surface area contributed by atoms with Crippen molar-refractivity contribution < 1.29 is 9.90 Å². The molecule has 0 radical (unpaired) electrons. The standard InChI is InChI=1S/C13H17N5O2S/c1-3-18(8-10-4-6-14-7-5-10)12-15-16-13(17(12)2)21-9-11(19)20/h4-7H,3,8-9H2,1-2H3,(H,19,20). The molecule has 0 saturated carbocycles. The predicted molar refractivity (Wildman–Crippen MR) is 80.3 cm³/mol. The molecule has 0 amide bonds. The van der Waals surface area contributed by atoms with Gasteiger partial charge >= 0.3 is 5.97 Å². The molecule has 0 fully saturated rings. The van der Waals surface area contributed by atoms with Crippen molar-refractivity contribution in [3.05, 3.63) is 30.1 Å². The molecule has 2 heterocycles. The van der Waals surface area contributed by atoms with Crippen LogP contribution >= 0.6 is 11.8 Å². The first kappa shape index (κ1) is 15.3. The summed E-state index contributed by atoms with van der Waals surface area (Å²) in [6.07, 6.45) is 3.52. The van der Waals surface area contributed by atoms with Crippen LogP contribution in [0.25, 0.3) is 0 Å². The zero-order valence-electron chi connectivity index (χ0n) is 11.9. The van der Waals surface area contributed by atoms with Crippen molar-refractivity contribution in [1.82, 2.24) is 19.7 Å². The van der Waals surface area contributed by atoms with Crippen molar-refractivity contribution in [3.63, 3.8) is 0 Å². The maximum atomic E-state index is 10.6. The van der Waals surface area contributed by atoms with Gasteiger partial charge in [0.05, 0.1) is 5.75 Å². The van der Waals surface area contributed by atoms with Gasteiger partial charge in [-0.25, -0.2) is 0 Å². The second-order valence-corrected chi connectivity index (χ2v) is 5.34. The number of rotatable bonds is 7. The molecule has 2 aromatic rings. The van der Waals surface area contributed by atoms with Crippen molar-refractivity contribution >= 4 is 23.7 Å². The van der Waals surface area contributed by atoms with Gasteiger partial charge in [-0.15, -0.1) is 10.2 Å². The number of carbonyl (C=O) groups is 1. The van der Waals surface area contributed by atoms with Crippen LogP contribution in [0.5, 0.6) is 0 Å². The monoisotopic (exact) mass is 307 g/mol. The summed E-state index contributed by atoms with van der Waals surface area (Å²) in [6, 6.07) is 3.91. The molecule has 0 aliphatic rings. The summed E-state index contributed by atoms with van der Waals surface area (Å²) in [5.74, 6) is -0.168. The van der Waals surface area contributed by atoms with Crippen LogP contribution in [0.4, 0.5) is 5.95 Å². The van der Waals surface area contributed by atoms with E-state index in [1.807, 2.05) is 30.7 Å². The highest BCUT2D eigenvalue weighted by molar-refractivity contribution is 7.99. The fraction of sp³-hybridized carbons (Fsp3) is 0.385. The molecule has 1 N–H and O–H groups in total. The highest BCUT2D eigenvalue weighted by Crippen LogP contribution is 2.21. The quantitative estimate of drug-likeness (QED) is 0.774. The molecule has 112 valence electrons. The molecule has 21 heavy (non-hydrogen) atoms. The molecule has 0 aliphatic carbocycles. The first-order valence-electron chi connectivity index (χ1n) is 6.49. The van der Waals surface area contributed by atoms with Gasteiger partial charge in [0, 0.05) is 32.5 Å². The molecule has 7 nitrogen and oxygen atoms in total. The third-order valence-electron chi connectivity index (χ3n) is 2.92. The van der Waals surface area contributed by atoms with Crippen LogP contribution in [0.15, 0.2) is 29.7 Å². The van der Waals surface area contributed by atoms with E-state index in [0.717, 1.165) is 29.8 Å². The van der Waals surface area contributed by atoms with Gasteiger partial charge in [-0.05, 0) is 24.6 Å². The molecule has 0 bridgehead atoms. The second-order valence-electron chi connectivity index (χ2n) is 4.39. The molecule has 0 saturated heterocycles. The minimum atomic E-state index is -0.867. The molecule has 0 unspecified atom stereocenters. The molecule has 2 rings (SSSR count). The lowest BCUT2D eigenvalue weighted by Gasteiger charge is -2.21. The summed E-state index contributed by atoms with van der Waals surface area (Å²) < 4.78 is 1.82. The Kier molecular flexibility index (Phi) is 5.15. The van der Waals surface area contributed by atoms with Gasteiger partial charge in [-0.1, -0.05) is 11.8 Å². The molecule has 2 aromatic heterocycles. The highest BCUT2D eigenvalue weighted by atomic mass is 32.2. The zero-order chi connectivity index (χ0) is 15.2. The van der Waals surface area contributed by atoms with Crippen molar-refractivity contribution in [2.45, 2.75) is 18.6 Å². The fourth-order valence-corrected chi connectivity index (χ4v) is 2.49. The number of carboxylic acids is 1. The second kappa shape index (κ2) is 7.07. The van der Waals surface area contributed by atoms with Crippen molar-refractivity contribution in [2.24, 2.45) is 7.05 Å². The number of thioether (sulfide) groups is 1. The van der Waals surface area contributed by atoms with E-state index in [2.05, 4.69) is 20.1 Å². The first-order valence-corrected chi connectivity index (χ1v) is 7.48. The van der Waals surface area contributed by atoms with E-state index in [0.29, 0.717) is 11.7 Å². The van der Waals surface area contributed by atoms with Gasteiger partial charge in [0.1, 0.15) is 0 Å². The van der Waals surface area contributed by atoms with Gasteiger partial charge in [0.2, 0.25) is 5.95 Å². The Morgan fingerprint density at radius 2 is 2.10 bits per heavy atom. The topological polar surface area (TPSA) is 84.1 Å². The SMILES string of the molecule is CCN(Cc1ccncc1)c1nnc(SCC(=O)O)n1C. The smallest absolute Gasteiger partial charge is 0.313 e. The first-order chi connectivity index (χ1) is 10.1. The van der Waals surface area contributed by atoms with Crippen LogP contribution in [-0.4, -0.2) is 43.1 Å². The van der Waals surface area contributed by atoms with Crippen LogP contribution in [0.1, 0.15) is 12.5 Å². The third-order valence-corrected chi connectivity index (χ3v) is 3.93. The van der Waals surface area contributed by atoms with Crippen molar-refractivity contribution in [1.29, 1.82) is 0 Å². The Balaban J connectivity index is 2.13. The maximum absolute atomic E-state index is 10.6. The van der Waals surface area contributed by atoms with Crippen LogP contribution in [0, 0.1) is 0 Å². The average molecular weight is 307 g/mol. The van der Waals surface area contributed by atoms with E-state index >= 15 is 0 Å². The molecule has 0 atom stereocenters. The van der Waals surface area contributed by atoms with Gasteiger partial charge in [-0.3, -0.25) is 14.3 Å². The molecule has 0 aromatic carbocycles. The van der Waals surface area contributed by atoms with Gasteiger partial charge in [0.25, 0.3) is 0 Å². The Bertz CT molecular complexity index is 602.